The Morgan fingerprint density at radius 3 is 2.45 bits per heavy atom. The standard InChI is InChI=1S/C16H17N2O2/c1-17-6-2-3-10(8-17)9-18-15(19)13-11-4-5-12(7-11)14(13)16(18)20/h2-6,8,11-14H,7,9H2,1H3/q+1/t11-,12-,13+,14+/m1/s1. The van der Waals surface area contributed by atoms with Crippen LogP contribution in [0.4, 0.5) is 0 Å². The molecule has 1 saturated heterocycles. The maximum absolute atomic E-state index is 12.5. The Balaban J connectivity index is 1.62. The molecule has 0 unspecified atom stereocenters. The lowest BCUT2D eigenvalue weighted by molar-refractivity contribution is -0.672. The summed E-state index contributed by atoms with van der Waals surface area (Å²) < 4.78 is 1.94. The highest BCUT2D eigenvalue weighted by Crippen LogP contribution is 2.52. The molecular formula is C16H17N2O2+. The zero-order valence-electron chi connectivity index (χ0n) is 11.4. The van der Waals surface area contributed by atoms with Crippen molar-refractivity contribution in [3.63, 3.8) is 0 Å². The third-order valence-corrected chi connectivity index (χ3v) is 4.90. The van der Waals surface area contributed by atoms with Gasteiger partial charge in [0, 0.05) is 11.6 Å². The van der Waals surface area contributed by atoms with Crippen LogP contribution in [0.5, 0.6) is 0 Å². The number of allylic oxidation sites excluding steroid dienone is 2. The van der Waals surface area contributed by atoms with Gasteiger partial charge in [0.2, 0.25) is 11.8 Å². The molecule has 1 aromatic rings. The summed E-state index contributed by atoms with van der Waals surface area (Å²) in [5, 5.41) is 0. The largest absolute Gasteiger partial charge is 0.277 e. The zero-order valence-corrected chi connectivity index (χ0v) is 11.4. The summed E-state index contributed by atoms with van der Waals surface area (Å²) in [5.74, 6) is 0.466. The van der Waals surface area contributed by atoms with E-state index in [0.717, 1.165) is 12.0 Å². The highest BCUT2D eigenvalue weighted by molar-refractivity contribution is 6.06. The van der Waals surface area contributed by atoms with Crippen molar-refractivity contribution < 1.29 is 14.2 Å². The number of hydrogen-bond acceptors (Lipinski definition) is 2. The number of aromatic nitrogens is 1. The minimum absolute atomic E-state index is 0.0309. The molecule has 3 aliphatic rings. The third kappa shape index (κ3) is 1.51. The summed E-state index contributed by atoms with van der Waals surface area (Å²) in [4.78, 5) is 26.6. The maximum Gasteiger partial charge on any atom is 0.234 e. The number of carbonyl (C=O) groups is 2. The highest BCUT2D eigenvalue weighted by Gasteiger charge is 2.59. The molecule has 1 aliphatic heterocycles. The number of carbonyl (C=O) groups excluding carboxylic acids is 2. The Morgan fingerprint density at radius 2 is 1.85 bits per heavy atom. The number of pyridine rings is 1. The van der Waals surface area contributed by atoms with Gasteiger partial charge in [-0.05, 0) is 24.3 Å². The van der Waals surface area contributed by atoms with Crippen LogP contribution in [0.1, 0.15) is 12.0 Å². The molecule has 0 aromatic carbocycles. The van der Waals surface area contributed by atoms with Gasteiger partial charge in [0.15, 0.2) is 12.4 Å². The number of imide groups is 1. The molecule has 20 heavy (non-hydrogen) atoms. The zero-order chi connectivity index (χ0) is 13.9. The second-order valence-electron chi connectivity index (χ2n) is 6.14. The van der Waals surface area contributed by atoms with Crippen molar-refractivity contribution in [1.82, 2.24) is 4.90 Å². The van der Waals surface area contributed by atoms with Crippen molar-refractivity contribution in [2.75, 3.05) is 0 Å². The first-order valence-electron chi connectivity index (χ1n) is 7.13. The molecule has 1 aromatic heterocycles. The molecule has 4 nitrogen and oxygen atoms in total. The number of amides is 2. The molecule has 4 atom stereocenters. The maximum atomic E-state index is 12.5. The van der Waals surface area contributed by atoms with Gasteiger partial charge < -0.3 is 0 Å². The molecule has 2 heterocycles. The van der Waals surface area contributed by atoms with Gasteiger partial charge >= 0.3 is 0 Å². The van der Waals surface area contributed by atoms with Crippen LogP contribution < -0.4 is 4.57 Å². The molecule has 4 rings (SSSR count). The minimum Gasteiger partial charge on any atom is -0.277 e. The lowest BCUT2D eigenvalue weighted by Crippen LogP contribution is -2.34. The molecule has 2 bridgehead atoms. The molecule has 0 spiro atoms. The Hall–Kier alpha value is -1.97. The fourth-order valence-electron chi connectivity index (χ4n) is 4.05. The Labute approximate surface area is 117 Å². The van der Waals surface area contributed by atoms with Gasteiger partial charge in [-0.15, -0.1) is 0 Å². The number of fused-ring (bicyclic) bond motifs is 5. The van der Waals surface area contributed by atoms with Crippen molar-refractivity contribution >= 4 is 11.8 Å². The van der Waals surface area contributed by atoms with E-state index in [0.29, 0.717) is 18.4 Å². The van der Waals surface area contributed by atoms with Crippen molar-refractivity contribution in [3.05, 3.63) is 42.2 Å². The van der Waals surface area contributed by atoms with Gasteiger partial charge in [-0.2, -0.15) is 0 Å². The summed E-state index contributed by atoms with van der Waals surface area (Å²) in [5.41, 5.74) is 0.997. The number of aryl methyl sites for hydroxylation is 1. The fraction of sp³-hybridized carbons (Fsp3) is 0.438. The van der Waals surface area contributed by atoms with E-state index >= 15 is 0 Å². The van der Waals surface area contributed by atoms with Crippen molar-refractivity contribution in [3.8, 4) is 0 Å². The Bertz CT molecular complexity index is 607. The Morgan fingerprint density at radius 1 is 1.20 bits per heavy atom. The molecule has 2 fully saturated rings. The number of hydrogen-bond donors (Lipinski definition) is 0. The molecule has 4 heteroatoms. The van der Waals surface area contributed by atoms with E-state index in [9.17, 15) is 9.59 Å². The van der Waals surface area contributed by atoms with Gasteiger partial charge in [0.25, 0.3) is 0 Å². The van der Waals surface area contributed by atoms with Crippen LogP contribution in [0, 0.1) is 23.7 Å². The summed E-state index contributed by atoms with van der Waals surface area (Å²) >= 11 is 0. The number of rotatable bonds is 2. The molecule has 2 amide bonds. The van der Waals surface area contributed by atoms with E-state index in [2.05, 4.69) is 12.2 Å². The number of likely N-dealkylation sites (tertiary alicyclic amines) is 1. The van der Waals surface area contributed by atoms with Crippen LogP contribution in [0.2, 0.25) is 0 Å². The minimum atomic E-state index is -0.0880. The molecule has 2 aliphatic carbocycles. The third-order valence-electron chi connectivity index (χ3n) is 4.90. The summed E-state index contributed by atoms with van der Waals surface area (Å²) in [6, 6.07) is 3.90. The fourth-order valence-corrected chi connectivity index (χ4v) is 4.05. The second-order valence-corrected chi connectivity index (χ2v) is 6.14. The summed E-state index contributed by atoms with van der Waals surface area (Å²) in [6.07, 6.45) is 9.14. The summed E-state index contributed by atoms with van der Waals surface area (Å²) in [7, 11) is 1.94. The van der Waals surface area contributed by atoms with E-state index in [4.69, 9.17) is 0 Å². The molecule has 0 radical (unpaired) electrons. The van der Waals surface area contributed by atoms with Crippen LogP contribution in [0.15, 0.2) is 36.7 Å². The first-order chi connectivity index (χ1) is 9.65. The monoisotopic (exact) mass is 269 g/mol. The molecular weight excluding hydrogens is 252 g/mol. The van der Waals surface area contributed by atoms with Crippen LogP contribution in [0.3, 0.4) is 0 Å². The quantitative estimate of drug-likeness (QED) is 0.453. The van der Waals surface area contributed by atoms with Crippen LogP contribution in [-0.2, 0) is 23.2 Å². The van der Waals surface area contributed by atoms with E-state index in [1.54, 1.807) is 0 Å². The second kappa shape index (κ2) is 4.01. The highest BCUT2D eigenvalue weighted by atomic mass is 16.2. The Kier molecular flexibility index (Phi) is 2.37. The molecule has 1 saturated carbocycles. The van der Waals surface area contributed by atoms with Gasteiger partial charge in [-0.25, -0.2) is 4.57 Å². The normalized spacial score (nSPS) is 34.1. The van der Waals surface area contributed by atoms with Crippen molar-refractivity contribution in [2.24, 2.45) is 30.7 Å². The lowest BCUT2D eigenvalue weighted by Gasteiger charge is -2.16. The first kappa shape index (κ1) is 11.8. The van der Waals surface area contributed by atoms with Crippen LogP contribution >= 0.6 is 0 Å². The van der Waals surface area contributed by atoms with E-state index in [-0.39, 0.29) is 23.7 Å². The topological polar surface area (TPSA) is 41.3 Å². The predicted molar refractivity (Wildman–Crippen MR) is 70.9 cm³/mol. The molecule has 102 valence electrons. The van der Waals surface area contributed by atoms with Gasteiger partial charge in [-0.3, -0.25) is 14.5 Å². The van der Waals surface area contributed by atoms with E-state index < -0.39 is 0 Å². The van der Waals surface area contributed by atoms with Crippen LogP contribution in [-0.4, -0.2) is 16.7 Å². The van der Waals surface area contributed by atoms with Crippen molar-refractivity contribution in [2.45, 2.75) is 13.0 Å². The lowest BCUT2D eigenvalue weighted by atomic mass is 9.85. The summed E-state index contributed by atoms with van der Waals surface area (Å²) in [6.45, 7) is 0.402. The average Bonchev–Trinajstić information content (AvgIpc) is 3.09. The van der Waals surface area contributed by atoms with E-state index in [1.165, 1.54) is 4.90 Å². The first-order valence-corrected chi connectivity index (χ1v) is 7.13. The van der Waals surface area contributed by atoms with Crippen molar-refractivity contribution in [1.29, 1.82) is 0 Å². The van der Waals surface area contributed by atoms with E-state index in [1.807, 2.05) is 36.1 Å². The van der Waals surface area contributed by atoms with Crippen LogP contribution in [0.25, 0.3) is 0 Å². The van der Waals surface area contributed by atoms with Gasteiger partial charge in [0.05, 0.1) is 18.4 Å². The molecule has 0 N–H and O–H groups in total. The van der Waals surface area contributed by atoms with Gasteiger partial charge in [0.1, 0.15) is 7.05 Å². The SMILES string of the molecule is C[n+]1cccc(CN2C(=O)[C@@H]3[C@@H](C2=O)[C@@H]2C=C[C@@H]3C2)c1. The number of nitrogens with zero attached hydrogens (tertiary/aromatic N) is 2. The van der Waals surface area contributed by atoms with Gasteiger partial charge in [-0.1, -0.05) is 12.2 Å². The smallest absolute Gasteiger partial charge is 0.234 e. The predicted octanol–water partition coefficient (Wildman–Crippen LogP) is 0.818. The average molecular weight is 269 g/mol.